The Balaban J connectivity index is 1.87. The Hall–Kier alpha value is -2.54. The molecule has 2 aromatic rings. The number of carbonyl (C=O) groups is 2. The van der Waals surface area contributed by atoms with Crippen molar-refractivity contribution in [2.75, 3.05) is 12.4 Å². The lowest BCUT2D eigenvalue weighted by Gasteiger charge is -2.23. The third-order valence-electron chi connectivity index (χ3n) is 4.48. The molecule has 6 nitrogen and oxygen atoms in total. The van der Waals surface area contributed by atoms with E-state index in [0.717, 1.165) is 30.4 Å². The fourth-order valence-corrected chi connectivity index (χ4v) is 3.50. The summed E-state index contributed by atoms with van der Waals surface area (Å²) < 4.78 is 19.7. The van der Waals surface area contributed by atoms with Gasteiger partial charge in [0.15, 0.2) is 0 Å². The minimum Gasteiger partial charge on any atom is -0.453 e. The minimum absolute atomic E-state index is 0.0564. The summed E-state index contributed by atoms with van der Waals surface area (Å²) in [5.41, 5.74) is 2.73. The lowest BCUT2D eigenvalue weighted by atomic mass is 9.89. The average Bonchev–Trinajstić information content (AvgIpc) is 2.95. The molecule has 1 aliphatic carbocycles. The second-order valence-corrected chi connectivity index (χ2v) is 6.59. The Bertz CT molecular complexity index is 866. The van der Waals surface area contributed by atoms with Crippen LogP contribution in [0.2, 0.25) is 5.02 Å². The third kappa shape index (κ3) is 3.53. The lowest BCUT2D eigenvalue weighted by Crippen LogP contribution is -2.30. The molecule has 0 aliphatic heterocycles. The first-order valence-electron chi connectivity index (χ1n) is 8.19. The normalized spacial score (nSPS) is 15.9. The number of alkyl carbamates (subject to hydrolysis) is 1. The summed E-state index contributed by atoms with van der Waals surface area (Å²) in [5, 5.41) is 5.49. The fourth-order valence-electron chi connectivity index (χ4n) is 3.31. The monoisotopic (exact) mass is 379 g/mol. The van der Waals surface area contributed by atoms with Crippen molar-refractivity contribution in [3.63, 3.8) is 0 Å². The third-order valence-corrected chi connectivity index (χ3v) is 4.77. The summed E-state index contributed by atoms with van der Waals surface area (Å²) in [5.74, 6) is -0.854. The van der Waals surface area contributed by atoms with Gasteiger partial charge in [-0.3, -0.25) is 4.79 Å². The van der Waals surface area contributed by atoms with E-state index in [1.54, 1.807) is 11.6 Å². The van der Waals surface area contributed by atoms with E-state index in [1.165, 1.54) is 25.3 Å². The van der Waals surface area contributed by atoms with Gasteiger partial charge in [-0.05, 0) is 48.6 Å². The zero-order chi connectivity index (χ0) is 18.8. The van der Waals surface area contributed by atoms with Crippen molar-refractivity contribution in [2.45, 2.75) is 25.3 Å². The molecular weight excluding hydrogens is 361 g/mol. The van der Waals surface area contributed by atoms with Crippen molar-refractivity contribution >= 4 is 29.3 Å². The molecular formula is C18H19ClFN3O3. The lowest BCUT2D eigenvalue weighted by molar-refractivity contribution is 0.101. The highest BCUT2D eigenvalue weighted by atomic mass is 35.5. The number of anilines is 1. The first kappa shape index (κ1) is 18.3. The van der Waals surface area contributed by atoms with Crippen molar-refractivity contribution in [3.05, 3.63) is 52.1 Å². The van der Waals surface area contributed by atoms with E-state index in [1.807, 2.05) is 6.20 Å². The number of fused-ring (bicyclic) bond motifs is 1. The predicted octanol–water partition coefficient (Wildman–Crippen LogP) is 3.80. The Morgan fingerprint density at radius 1 is 1.38 bits per heavy atom. The van der Waals surface area contributed by atoms with Crippen molar-refractivity contribution in [2.24, 2.45) is 7.05 Å². The van der Waals surface area contributed by atoms with E-state index in [0.29, 0.717) is 11.4 Å². The highest BCUT2D eigenvalue weighted by Gasteiger charge is 2.29. The Labute approximate surface area is 155 Å². The number of amides is 2. The van der Waals surface area contributed by atoms with Crippen molar-refractivity contribution in [3.8, 4) is 0 Å². The van der Waals surface area contributed by atoms with E-state index in [2.05, 4.69) is 15.4 Å². The van der Waals surface area contributed by atoms with Crippen LogP contribution in [0.3, 0.4) is 0 Å². The number of rotatable bonds is 3. The number of benzene rings is 1. The highest BCUT2D eigenvalue weighted by Crippen LogP contribution is 2.33. The van der Waals surface area contributed by atoms with Crippen LogP contribution in [0.4, 0.5) is 14.9 Å². The van der Waals surface area contributed by atoms with Gasteiger partial charge in [-0.1, -0.05) is 11.6 Å². The van der Waals surface area contributed by atoms with Gasteiger partial charge in [0, 0.05) is 18.9 Å². The number of ether oxygens (including phenoxy) is 1. The summed E-state index contributed by atoms with van der Waals surface area (Å²) in [6.07, 6.45) is 3.71. The molecule has 0 fully saturated rings. The molecule has 1 aromatic heterocycles. The van der Waals surface area contributed by atoms with Crippen LogP contribution in [0.25, 0.3) is 0 Å². The van der Waals surface area contributed by atoms with Gasteiger partial charge >= 0.3 is 6.09 Å². The van der Waals surface area contributed by atoms with Crippen molar-refractivity contribution in [1.29, 1.82) is 0 Å². The summed E-state index contributed by atoms with van der Waals surface area (Å²) in [7, 11) is 3.09. The van der Waals surface area contributed by atoms with Crippen molar-refractivity contribution in [1.82, 2.24) is 9.88 Å². The molecule has 0 radical (unpaired) electrons. The Morgan fingerprint density at radius 3 is 2.85 bits per heavy atom. The van der Waals surface area contributed by atoms with Gasteiger partial charge in [0.05, 0.1) is 18.2 Å². The molecule has 1 aromatic carbocycles. The van der Waals surface area contributed by atoms with Gasteiger partial charge in [-0.2, -0.15) is 0 Å². The molecule has 0 bridgehead atoms. The van der Waals surface area contributed by atoms with Crippen molar-refractivity contribution < 1.29 is 18.7 Å². The first-order chi connectivity index (χ1) is 12.4. The number of nitrogens with one attached hydrogen (secondary N) is 2. The molecule has 0 saturated carbocycles. The number of carbonyl (C=O) groups excluding carboxylic acids is 2. The number of hydrogen-bond donors (Lipinski definition) is 2. The van der Waals surface area contributed by atoms with Gasteiger partial charge in [0.1, 0.15) is 11.5 Å². The van der Waals surface area contributed by atoms with Crippen LogP contribution in [0.15, 0.2) is 24.4 Å². The summed E-state index contributed by atoms with van der Waals surface area (Å²) in [4.78, 5) is 24.3. The zero-order valence-corrected chi connectivity index (χ0v) is 15.2. The van der Waals surface area contributed by atoms with Crippen LogP contribution < -0.4 is 10.6 Å². The molecule has 1 unspecified atom stereocenters. The van der Waals surface area contributed by atoms with Crippen LogP contribution in [-0.4, -0.2) is 23.7 Å². The fraction of sp³-hybridized carbons (Fsp3) is 0.333. The number of halogens is 2. The largest absolute Gasteiger partial charge is 0.453 e. The van der Waals surface area contributed by atoms with Crippen LogP contribution in [-0.2, 0) is 18.2 Å². The Kier molecular flexibility index (Phi) is 5.18. The van der Waals surface area contributed by atoms with Gasteiger partial charge in [0.2, 0.25) is 0 Å². The molecule has 26 heavy (non-hydrogen) atoms. The van der Waals surface area contributed by atoms with Gasteiger partial charge in [0.25, 0.3) is 5.91 Å². The average molecular weight is 380 g/mol. The van der Waals surface area contributed by atoms with Crippen LogP contribution >= 0.6 is 11.6 Å². The highest BCUT2D eigenvalue weighted by molar-refractivity contribution is 6.31. The predicted molar refractivity (Wildman–Crippen MR) is 96.0 cm³/mol. The maximum Gasteiger partial charge on any atom is 0.407 e. The number of aromatic nitrogens is 1. The van der Waals surface area contributed by atoms with E-state index in [-0.39, 0.29) is 17.0 Å². The van der Waals surface area contributed by atoms with Gasteiger partial charge in [-0.15, -0.1) is 0 Å². The smallest absolute Gasteiger partial charge is 0.407 e. The van der Waals surface area contributed by atoms with E-state index < -0.39 is 11.9 Å². The van der Waals surface area contributed by atoms with E-state index in [4.69, 9.17) is 11.6 Å². The first-order valence-corrected chi connectivity index (χ1v) is 8.57. The van der Waals surface area contributed by atoms with Gasteiger partial charge in [-0.25, -0.2) is 9.18 Å². The number of hydrogen-bond acceptors (Lipinski definition) is 3. The number of methoxy groups -OCH3 is 1. The molecule has 0 saturated heterocycles. The molecule has 1 atom stereocenters. The molecule has 1 heterocycles. The van der Waals surface area contributed by atoms with E-state index in [9.17, 15) is 14.0 Å². The van der Waals surface area contributed by atoms with Crippen LogP contribution in [0.5, 0.6) is 0 Å². The van der Waals surface area contributed by atoms with Crippen LogP contribution in [0, 0.1) is 5.82 Å². The maximum absolute atomic E-state index is 13.3. The summed E-state index contributed by atoms with van der Waals surface area (Å²) in [6.45, 7) is 0. The standard InChI is InChI=1S/C18H19ClFN3O3/c1-23-9-12-11(4-3-5-15(12)22-18(25)26-2)16(23)17(24)21-10-6-7-14(20)13(19)8-10/h6-9,15H,3-5H2,1-2H3,(H,21,24)(H,22,25). The molecule has 0 spiro atoms. The summed E-state index contributed by atoms with van der Waals surface area (Å²) in [6, 6.07) is 3.83. The number of aryl methyl sites for hydroxylation is 1. The molecule has 2 amide bonds. The quantitative estimate of drug-likeness (QED) is 0.851. The molecule has 8 heteroatoms. The molecule has 3 rings (SSSR count). The second kappa shape index (κ2) is 7.37. The Morgan fingerprint density at radius 2 is 2.15 bits per heavy atom. The summed E-state index contributed by atoms with van der Waals surface area (Å²) >= 11 is 5.77. The van der Waals surface area contributed by atoms with E-state index >= 15 is 0 Å². The second-order valence-electron chi connectivity index (χ2n) is 6.19. The molecule has 1 aliphatic rings. The van der Waals surface area contributed by atoms with Crippen LogP contribution in [0.1, 0.15) is 40.5 Å². The molecule has 2 N–H and O–H groups in total. The maximum atomic E-state index is 13.3. The SMILES string of the molecule is COC(=O)NC1CCCc2c1cn(C)c2C(=O)Nc1ccc(F)c(Cl)c1. The topological polar surface area (TPSA) is 72.4 Å². The molecule has 138 valence electrons. The minimum atomic E-state index is -0.544. The van der Waals surface area contributed by atoms with Gasteiger partial charge < -0.3 is 19.9 Å². The number of nitrogens with zero attached hydrogens (tertiary/aromatic N) is 1. The zero-order valence-electron chi connectivity index (χ0n) is 14.4.